The van der Waals surface area contributed by atoms with Gasteiger partial charge in [0.15, 0.2) is 11.4 Å². The quantitative estimate of drug-likeness (QED) is 0.223. The number of rotatable bonds is 5. The number of benzene rings is 1. The molecule has 17 rings (SSSR count). The number of allylic oxidation sites excluding steroid dienone is 4. The molecule has 12 bridgehead atoms. The van der Waals surface area contributed by atoms with Crippen molar-refractivity contribution in [1.82, 2.24) is 9.80 Å². The highest BCUT2D eigenvalue weighted by molar-refractivity contribution is 6.00. The summed E-state index contributed by atoms with van der Waals surface area (Å²) in [5, 5.41) is 13.4. The highest BCUT2D eigenvalue weighted by Gasteiger charge is 2.94. The van der Waals surface area contributed by atoms with Crippen LogP contribution >= 0.6 is 0 Å². The first-order valence-electron chi connectivity index (χ1n) is 26.6. The third-order valence-corrected chi connectivity index (χ3v) is 21.6. The molecule has 16 aliphatic rings. The molecule has 9 heterocycles. The van der Waals surface area contributed by atoms with E-state index in [1.807, 2.05) is 0 Å². The topological polar surface area (TPSA) is 105 Å². The van der Waals surface area contributed by atoms with Crippen LogP contribution in [-0.4, -0.2) is 65.1 Å². The Morgan fingerprint density at radius 3 is 2.55 bits per heavy atom. The molecule has 9 aliphatic heterocycles. The number of aliphatic hydroxyl groups excluding tert-OH is 1. The standard InChI is InChI=1S/C56H71N3O5/c1-31-23-38-18-19-43-39-24-32-28-58(30-39)44(34-11-5-6-12-34)27-45(60)51-54-21-20-40-48(50(38)59(43)29-32)41(31)25-37-17-16-36(33-9-3-2-4-10-33)26-46(55(54,49(37)40)53(62)63-51)56(54)42-15-7-13-35(14-8-22-57)47(42)52(61)64-56/h7,13,15-17,31-34,36-37,39,41,43-44,46,48,60H,2-6,8-12,14,18-30,57H2,1H3. The second-order valence-corrected chi connectivity index (χ2v) is 24.0. The van der Waals surface area contributed by atoms with E-state index in [1.165, 1.54) is 94.6 Å². The molecule has 64 heavy (non-hydrogen) atoms. The van der Waals surface area contributed by atoms with E-state index in [2.05, 4.69) is 47.1 Å². The van der Waals surface area contributed by atoms with Crippen molar-refractivity contribution in [3.63, 3.8) is 0 Å². The molecular weight excluding hydrogens is 795 g/mol. The molecule has 14 unspecified atom stereocenters. The lowest BCUT2D eigenvalue weighted by atomic mass is 9.27. The number of ether oxygens (including phenoxy) is 2. The van der Waals surface area contributed by atoms with Crippen molar-refractivity contribution in [2.45, 2.75) is 153 Å². The average Bonchev–Trinajstić information content (AvgIpc) is 4.01. The van der Waals surface area contributed by atoms with Gasteiger partial charge in [0, 0.05) is 61.2 Å². The number of esters is 2. The third-order valence-electron chi connectivity index (χ3n) is 21.6. The summed E-state index contributed by atoms with van der Waals surface area (Å²) in [4.78, 5) is 37.1. The van der Waals surface area contributed by atoms with Crippen LogP contribution in [0.25, 0.3) is 0 Å². The van der Waals surface area contributed by atoms with E-state index in [1.54, 1.807) is 11.3 Å². The lowest BCUT2D eigenvalue weighted by Gasteiger charge is -2.73. The Bertz CT molecular complexity index is 2330. The van der Waals surface area contributed by atoms with Gasteiger partial charge in [-0.05, 0) is 155 Å². The van der Waals surface area contributed by atoms with E-state index in [9.17, 15) is 5.11 Å². The first-order chi connectivity index (χ1) is 31.3. The van der Waals surface area contributed by atoms with Crippen LogP contribution in [0.1, 0.15) is 150 Å². The van der Waals surface area contributed by atoms with Gasteiger partial charge in [-0.2, -0.15) is 0 Å². The second kappa shape index (κ2) is 14.1. The largest absolute Gasteiger partial charge is 0.509 e. The predicted octanol–water partition coefficient (Wildman–Crippen LogP) is 10.0. The van der Waals surface area contributed by atoms with Crippen LogP contribution in [0.3, 0.4) is 0 Å². The van der Waals surface area contributed by atoms with Crippen molar-refractivity contribution in [2.75, 3.05) is 26.2 Å². The maximum Gasteiger partial charge on any atom is 0.339 e. The van der Waals surface area contributed by atoms with Crippen LogP contribution in [0.2, 0.25) is 0 Å². The minimum Gasteiger partial charge on any atom is -0.509 e. The molecule has 1 aromatic rings. The van der Waals surface area contributed by atoms with E-state index < -0.39 is 16.4 Å². The Labute approximate surface area is 380 Å². The van der Waals surface area contributed by atoms with Crippen LogP contribution in [0.4, 0.5) is 0 Å². The van der Waals surface area contributed by atoms with Crippen molar-refractivity contribution in [2.24, 2.45) is 75.7 Å². The minimum atomic E-state index is -1.12. The zero-order valence-electron chi connectivity index (χ0n) is 38.3. The maximum absolute atomic E-state index is 16.2. The van der Waals surface area contributed by atoms with E-state index in [4.69, 9.17) is 15.2 Å². The van der Waals surface area contributed by atoms with Crippen LogP contribution < -0.4 is 5.73 Å². The Hall–Kier alpha value is -3.36. The van der Waals surface area contributed by atoms with Crippen molar-refractivity contribution in [3.8, 4) is 0 Å². The number of carbonyl (C=O) groups is 2. The molecule has 0 radical (unpaired) electrons. The van der Waals surface area contributed by atoms with Gasteiger partial charge in [-0.3, -0.25) is 9.69 Å². The summed E-state index contributed by atoms with van der Waals surface area (Å²) in [5.74, 6) is 4.11. The first-order valence-corrected chi connectivity index (χ1v) is 26.6. The molecular formula is C56H71N3O5. The molecule has 8 heteroatoms. The molecule has 3 N–H and O–H groups in total. The summed E-state index contributed by atoms with van der Waals surface area (Å²) in [7, 11) is 0. The number of nitrogens with two attached hydrogens (primary N) is 1. The van der Waals surface area contributed by atoms with E-state index in [0.29, 0.717) is 84.6 Å². The van der Waals surface area contributed by atoms with Gasteiger partial charge in [-0.15, -0.1) is 0 Å². The molecule has 8 nitrogen and oxygen atoms in total. The summed E-state index contributed by atoms with van der Waals surface area (Å²) < 4.78 is 14.4. The summed E-state index contributed by atoms with van der Waals surface area (Å²) >= 11 is 0. The summed E-state index contributed by atoms with van der Waals surface area (Å²) in [5.41, 5.74) is 11.9. The number of aliphatic hydroxyl groups is 1. The van der Waals surface area contributed by atoms with Gasteiger partial charge in [0.25, 0.3) is 0 Å². The van der Waals surface area contributed by atoms with Gasteiger partial charge in [-0.1, -0.05) is 80.5 Å². The number of hydrogen-bond donors (Lipinski definition) is 2. The average molecular weight is 866 g/mol. The van der Waals surface area contributed by atoms with Crippen molar-refractivity contribution in [3.05, 3.63) is 81.0 Å². The minimum absolute atomic E-state index is 0.114. The zero-order chi connectivity index (χ0) is 42.9. The molecule has 340 valence electrons. The van der Waals surface area contributed by atoms with Crippen molar-refractivity contribution >= 4 is 11.9 Å². The number of hydrogen-bond acceptors (Lipinski definition) is 8. The lowest BCUT2D eigenvalue weighted by Crippen LogP contribution is -2.78. The molecule has 3 saturated heterocycles. The van der Waals surface area contributed by atoms with Crippen LogP contribution in [0.15, 0.2) is 64.3 Å². The number of piperidine rings is 2. The Kier molecular flexibility index (Phi) is 8.76. The Balaban J connectivity index is 1.07. The van der Waals surface area contributed by atoms with E-state index in [-0.39, 0.29) is 41.5 Å². The Morgan fingerprint density at radius 1 is 0.875 bits per heavy atom. The smallest absolute Gasteiger partial charge is 0.339 e. The third kappa shape index (κ3) is 4.84. The Morgan fingerprint density at radius 2 is 1.70 bits per heavy atom. The number of fused-ring (bicyclic) bond motifs is 3. The van der Waals surface area contributed by atoms with Gasteiger partial charge in [0.2, 0.25) is 0 Å². The number of aryl methyl sites for hydroxylation is 1. The van der Waals surface area contributed by atoms with Crippen molar-refractivity contribution < 1.29 is 24.2 Å². The van der Waals surface area contributed by atoms with Crippen LogP contribution in [-0.2, 0) is 26.3 Å². The fourth-order valence-corrected chi connectivity index (χ4v) is 19.5. The lowest BCUT2D eigenvalue weighted by molar-refractivity contribution is -0.282. The molecule has 0 amide bonds. The SMILES string of the molecule is CC1CC2=C3C4C5=C6C(C=CC(C7CCCCC7)CC7C68C(=O)OC(=C(O)CC(C6CCCC6)N6CC9CC(C6)C(CC2)N3C9)C8(CC5)C72OC(=O)c3c(CCCN)cccc32)CC14. The fourth-order valence-electron chi connectivity index (χ4n) is 19.5. The molecule has 14 atom stereocenters. The highest BCUT2D eigenvalue weighted by atomic mass is 16.6. The molecule has 3 spiro atoms. The molecule has 0 aromatic heterocycles. The fraction of sp³-hybridized carbons (Fsp3) is 0.714. The van der Waals surface area contributed by atoms with Gasteiger partial charge < -0.3 is 25.2 Å². The first kappa shape index (κ1) is 39.8. The number of nitrogens with zero attached hydrogens (tertiary/aromatic N) is 2. The summed E-state index contributed by atoms with van der Waals surface area (Å²) in [6, 6.07) is 7.15. The molecule has 7 aliphatic carbocycles. The van der Waals surface area contributed by atoms with Crippen molar-refractivity contribution in [1.29, 1.82) is 0 Å². The highest BCUT2D eigenvalue weighted by Crippen LogP contribution is 2.88. The maximum atomic E-state index is 16.2. The molecule has 1 aromatic carbocycles. The summed E-state index contributed by atoms with van der Waals surface area (Å²) in [6.45, 7) is 6.42. The van der Waals surface area contributed by atoms with Gasteiger partial charge in [-0.25, -0.2) is 4.79 Å². The molecule has 6 fully saturated rings. The molecule has 3 saturated carbocycles. The van der Waals surface area contributed by atoms with E-state index >= 15 is 9.59 Å². The van der Waals surface area contributed by atoms with Gasteiger partial charge >= 0.3 is 11.9 Å². The monoisotopic (exact) mass is 866 g/mol. The summed E-state index contributed by atoms with van der Waals surface area (Å²) in [6.07, 6.45) is 26.6. The normalized spacial score (nSPS) is 45.2. The number of carbonyl (C=O) groups excluding carboxylic acids is 2. The van der Waals surface area contributed by atoms with Gasteiger partial charge in [0.1, 0.15) is 11.2 Å². The predicted molar refractivity (Wildman–Crippen MR) is 244 cm³/mol. The van der Waals surface area contributed by atoms with Crippen LogP contribution in [0, 0.1) is 70.0 Å². The van der Waals surface area contributed by atoms with Gasteiger partial charge in [0.05, 0.1) is 11.0 Å². The zero-order valence-corrected chi connectivity index (χ0v) is 38.3. The van der Waals surface area contributed by atoms with E-state index in [0.717, 1.165) is 56.4 Å². The second-order valence-electron chi connectivity index (χ2n) is 24.0. The van der Waals surface area contributed by atoms with Crippen LogP contribution in [0.5, 0.6) is 0 Å².